The molecule has 0 aromatic carbocycles. The number of rotatable bonds is 7. The zero-order valence-electron chi connectivity index (χ0n) is 11.9. The van der Waals surface area contributed by atoms with Crippen LogP contribution in [-0.2, 0) is 9.53 Å². The molecule has 0 aliphatic carbocycles. The fourth-order valence-corrected chi connectivity index (χ4v) is 3.33. The molecule has 0 aliphatic heterocycles. The summed E-state index contributed by atoms with van der Waals surface area (Å²) in [6.45, 7) is 1.84. The van der Waals surface area contributed by atoms with Gasteiger partial charge in [-0.05, 0) is 20.4 Å². The first-order chi connectivity index (χ1) is 8.92. The lowest BCUT2D eigenvalue weighted by atomic mass is 10.00. The smallest absolute Gasteiger partial charge is 0.325 e. The molecule has 0 saturated carbocycles. The number of ether oxygens (including phenoxy) is 1. The van der Waals surface area contributed by atoms with Gasteiger partial charge in [-0.25, -0.2) is 0 Å². The van der Waals surface area contributed by atoms with Crippen molar-refractivity contribution in [3.05, 3.63) is 0 Å². The SMILES string of the molecule is CNC(C)(CCSc1nnc(N(C)C)s1)C(=O)OC. The van der Waals surface area contributed by atoms with Crippen molar-refractivity contribution in [2.24, 2.45) is 0 Å². The van der Waals surface area contributed by atoms with E-state index in [9.17, 15) is 4.79 Å². The molecule has 19 heavy (non-hydrogen) atoms. The minimum absolute atomic E-state index is 0.248. The molecule has 1 N–H and O–H groups in total. The van der Waals surface area contributed by atoms with Crippen LogP contribution in [0.3, 0.4) is 0 Å². The molecule has 6 nitrogen and oxygen atoms in total. The maximum atomic E-state index is 11.7. The van der Waals surface area contributed by atoms with Crippen LogP contribution in [0, 0.1) is 0 Å². The molecule has 1 atom stereocenters. The molecule has 0 spiro atoms. The highest BCUT2D eigenvalue weighted by Gasteiger charge is 2.32. The van der Waals surface area contributed by atoms with Crippen LogP contribution in [0.15, 0.2) is 4.34 Å². The summed E-state index contributed by atoms with van der Waals surface area (Å²) in [5, 5.41) is 12.1. The van der Waals surface area contributed by atoms with Crippen molar-refractivity contribution in [2.75, 3.05) is 38.9 Å². The number of hydrogen-bond acceptors (Lipinski definition) is 8. The van der Waals surface area contributed by atoms with Crippen molar-refractivity contribution in [1.29, 1.82) is 0 Å². The Hall–Kier alpha value is -0.860. The molecule has 0 saturated heterocycles. The first kappa shape index (κ1) is 16.2. The standard InChI is InChI=1S/C11H20N4O2S2/c1-11(12-2,8(16)17-5)6-7-18-10-14-13-9(19-10)15(3)4/h12H,6-7H2,1-5H3. The summed E-state index contributed by atoms with van der Waals surface area (Å²) < 4.78 is 5.71. The van der Waals surface area contributed by atoms with Gasteiger partial charge in [0.1, 0.15) is 5.54 Å². The van der Waals surface area contributed by atoms with E-state index in [2.05, 4.69) is 15.5 Å². The van der Waals surface area contributed by atoms with Crippen molar-refractivity contribution in [3.8, 4) is 0 Å². The van der Waals surface area contributed by atoms with Gasteiger partial charge in [0, 0.05) is 19.8 Å². The molecule has 0 radical (unpaired) electrons. The fraction of sp³-hybridized carbons (Fsp3) is 0.727. The van der Waals surface area contributed by atoms with E-state index >= 15 is 0 Å². The molecule has 1 aromatic rings. The molecule has 0 amide bonds. The zero-order valence-corrected chi connectivity index (χ0v) is 13.5. The molecule has 108 valence electrons. The number of anilines is 1. The van der Waals surface area contributed by atoms with Gasteiger partial charge in [0.15, 0.2) is 4.34 Å². The van der Waals surface area contributed by atoms with E-state index in [1.165, 1.54) is 7.11 Å². The number of hydrogen-bond donors (Lipinski definition) is 1. The summed E-state index contributed by atoms with van der Waals surface area (Å²) in [7, 11) is 7.03. The minimum Gasteiger partial charge on any atom is -0.468 e. The number of nitrogens with one attached hydrogen (secondary N) is 1. The lowest BCUT2D eigenvalue weighted by Gasteiger charge is -2.25. The highest BCUT2D eigenvalue weighted by molar-refractivity contribution is 8.01. The van der Waals surface area contributed by atoms with E-state index in [4.69, 9.17) is 4.74 Å². The monoisotopic (exact) mass is 304 g/mol. The first-order valence-electron chi connectivity index (χ1n) is 5.84. The van der Waals surface area contributed by atoms with Crippen LogP contribution in [0.5, 0.6) is 0 Å². The van der Waals surface area contributed by atoms with Crippen LogP contribution >= 0.6 is 23.1 Å². The summed E-state index contributed by atoms with van der Waals surface area (Å²) in [4.78, 5) is 13.6. The topological polar surface area (TPSA) is 67.4 Å². The van der Waals surface area contributed by atoms with Gasteiger partial charge in [-0.3, -0.25) is 4.79 Å². The van der Waals surface area contributed by atoms with Crippen LogP contribution in [-0.4, -0.2) is 55.7 Å². The number of methoxy groups -OCH3 is 1. The molecule has 1 rings (SSSR count). The number of likely N-dealkylation sites (N-methyl/N-ethyl adjacent to an activating group) is 1. The Morgan fingerprint density at radius 3 is 2.68 bits per heavy atom. The molecular formula is C11H20N4O2S2. The summed E-state index contributed by atoms with van der Waals surface area (Å²) >= 11 is 3.14. The number of aromatic nitrogens is 2. The number of carbonyl (C=O) groups is 1. The van der Waals surface area contributed by atoms with Crippen molar-refractivity contribution < 1.29 is 9.53 Å². The number of thioether (sulfide) groups is 1. The third-order valence-electron chi connectivity index (χ3n) is 2.79. The highest BCUT2D eigenvalue weighted by atomic mass is 32.2. The Morgan fingerprint density at radius 2 is 2.21 bits per heavy atom. The largest absolute Gasteiger partial charge is 0.468 e. The second-order valence-corrected chi connectivity index (χ2v) is 6.72. The average molecular weight is 304 g/mol. The van der Waals surface area contributed by atoms with Gasteiger partial charge in [-0.2, -0.15) is 0 Å². The lowest BCUT2D eigenvalue weighted by molar-refractivity contribution is -0.147. The Bertz CT molecular complexity index is 425. The van der Waals surface area contributed by atoms with E-state index in [1.807, 2.05) is 25.9 Å². The minimum atomic E-state index is -0.656. The predicted molar refractivity (Wildman–Crippen MR) is 79.1 cm³/mol. The average Bonchev–Trinajstić information content (AvgIpc) is 2.86. The van der Waals surface area contributed by atoms with Gasteiger partial charge in [0.05, 0.1) is 7.11 Å². The third kappa shape index (κ3) is 4.32. The second kappa shape index (κ2) is 7.06. The molecule has 1 aromatic heterocycles. The van der Waals surface area contributed by atoms with E-state index in [1.54, 1.807) is 30.1 Å². The Kier molecular flexibility index (Phi) is 6.02. The maximum Gasteiger partial charge on any atom is 0.325 e. The molecule has 0 fully saturated rings. The van der Waals surface area contributed by atoms with Gasteiger partial charge >= 0.3 is 5.97 Å². The Morgan fingerprint density at radius 1 is 1.53 bits per heavy atom. The third-order valence-corrected chi connectivity index (χ3v) is 5.02. The fourth-order valence-electron chi connectivity index (χ4n) is 1.34. The first-order valence-corrected chi connectivity index (χ1v) is 7.64. The number of nitrogens with zero attached hydrogens (tertiary/aromatic N) is 3. The molecule has 0 bridgehead atoms. The van der Waals surface area contributed by atoms with Crippen molar-refractivity contribution in [2.45, 2.75) is 23.2 Å². The van der Waals surface area contributed by atoms with Crippen molar-refractivity contribution in [3.63, 3.8) is 0 Å². The van der Waals surface area contributed by atoms with E-state index in [0.717, 1.165) is 15.2 Å². The van der Waals surface area contributed by atoms with E-state index < -0.39 is 5.54 Å². The van der Waals surface area contributed by atoms with Crippen LogP contribution in [0.25, 0.3) is 0 Å². The number of esters is 1. The van der Waals surface area contributed by atoms with Crippen LogP contribution in [0.4, 0.5) is 5.13 Å². The van der Waals surface area contributed by atoms with Gasteiger partial charge in [-0.15, -0.1) is 10.2 Å². The predicted octanol–water partition coefficient (Wildman–Crippen LogP) is 1.24. The Balaban J connectivity index is 2.50. The van der Waals surface area contributed by atoms with Gasteiger partial charge < -0.3 is 15.0 Å². The highest BCUT2D eigenvalue weighted by Crippen LogP contribution is 2.28. The Labute approximate surface area is 121 Å². The van der Waals surface area contributed by atoms with Crippen LogP contribution in [0.2, 0.25) is 0 Å². The quantitative estimate of drug-likeness (QED) is 0.600. The van der Waals surface area contributed by atoms with Crippen LogP contribution < -0.4 is 10.2 Å². The van der Waals surface area contributed by atoms with E-state index in [0.29, 0.717) is 6.42 Å². The van der Waals surface area contributed by atoms with E-state index in [-0.39, 0.29) is 5.97 Å². The number of carbonyl (C=O) groups excluding carboxylic acids is 1. The summed E-state index contributed by atoms with van der Waals surface area (Å²) in [5.41, 5.74) is -0.656. The molecular weight excluding hydrogens is 284 g/mol. The van der Waals surface area contributed by atoms with Crippen molar-refractivity contribution in [1.82, 2.24) is 15.5 Å². The zero-order chi connectivity index (χ0) is 14.5. The lowest BCUT2D eigenvalue weighted by Crippen LogP contribution is -2.48. The van der Waals surface area contributed by atoms with Crippen molar-refractivity contribution >= 4 is 34.2 Å². The summed E-state index contributed by atoms with van der Waals surface area (Å²) in [6, 6.07) is 0. The normalized spacial score (nSPS) is 13.9. The van der Waals surface area contributed by atoms with Gasteiger partial charge in [0.2, 0.25) is 5.13 Å². The summed E-state index contributed by atoms with van der Waals surface area (Å²) in [6.07, 6.45) is 0.664. The van der Waals surface area contributed by atoms with Gasteiger partial charge in [0.25, 0.3) is 0 Å². The van der Waals surface area contributed by atoms with Gasteiger partial charge in [-0.1, -0.05) is 23.1 Å². The second-order valence-electron chi connectivity index (χ2n) is 4.42. The molecule has 0 aliphatic rings. The molecule has 8 heteroatoms. The molecule has 1 heterocycles. The van der Waals surface area contributed by atoms with Crippen LogP contribution in [0.1, 0.15) is 13.3 Å². The molecule has 1 unspecified atom stereocenters. The summed E-state index contributed by atoms with van der Waals surface area (Å²) in [5.74, 6) is 0.524. The maximum absolute atomic E-state index is 11.7.